The topological polar surface area (TPSA) is 20.2 Å². The standard InChI is InChI=1S/C28H46O/c1-18(2)19(3)7-8-20(4)24-11-12-25-23-10-9-21-17-22(29)13-15-27(21,5)26(23)14-16-28(24,25)6/h7-9,18-20,22-26,29H,10-17H2,1-6H3/b8-7+/t19?,20-,22+,23?,24-,25?,26?,27?,28?/m1/s1. The first kappa shape index (κ1) is 21.7. The third kappa shape index (κ3) is 3.58. The minimum absolute atomic E-state index is 0.0866. The molecule has 0 radical (unpaired) electrons. The van der Waals surface area contributed by atoms with Gasteiger partial charge >= 0.3 is 0 Å². The Morgan fingerprint density at radius 2 is 1.72 bits per heavy atom. The van der Waals surface area contributed by atoms with Gasteiger partial charge in [-0.25, -0.2) is 0 Å². The molecule has 0 heterocycles. The van der Waals surface area contributed by atoms with Crippen LogP contribution in [0.25, 0.3) is 0 Å². The Morgan fingerprint density at radius 1 is 0.966 bits per heavy atom. The van der Waals surface area contributed by atoms with Crippen LogP contribution in [0.1, 0.15) is 92.9 Å². The number of allylic oxidation sites excluding steroid dienone is 3. The summed E-state index contributed by atoms with van der Waals surface area (Å²) < 4.78 is 0. The van der Waals surface area contributed by atoms with Crippen LogP contribution in [-0.2, 0) is 0 Å². The fourth-order valence-corrected chi connectivity index (χ4v) is 8.25. The van der Waals surface area contributed by atoms with E-state index in [4.69, 9.17) is 0 Å². The van der Waals surface area contributed by atoms with Crippen LogP contribution < -0.4 is 0 Å². The summed E-state index contributed by atoms with van der Waals surface area (Å²) in [6, 6.07) is 0. The van der Waals surface area contributed by atoms with Crippen molar-refractivity contribution in [3.63, 3.8) is 0 Å². The second kappa shape index (κ2) is 7.85. The largest absolute Gasteiger partial charge is 0.393 e. The third-order valence-electron chi connectivity index (χ3n) is 10.6. The van der Waals surface area contributed by atoms with Crippen molar-refractivity contribution in [2.75, 3.05) is 0 Å². The average molecular weight is 399 g/mol. The lowest BCUT2D eigenvalue weighted by Gasteiger charge is -2.58. The van der Waals surface area contributed by atoms with Crippen molar-refractivity contribution in [2.24, 2.45) is 52.3 Å². The van der Waals surface area contributed by atoms with E-state index in [1.165, 1.54) is 38.5 Å². The predicted octanol–water partition coefficient (Wildman–Crippen LogP) is 7.41. The van der Waals surface area contributed by atoms with Gasteiger partial charge in [0.25, 0.3) is 0 Å². The molecular formula is C28H46O. The fourth-order valence-electron chi connectivity index (χ4n) is 8.25. The molecule has 0 amide bonds. The van der Waals surface area contributed by atoms with Crippen molar-refractivity contribution in [1.29, 1.82) is 0 Å². The second-order valence-corrected chi connectivity index (χ2v) is 12.2. The van der Waals surface area contributed by atoms with E-state index in [9.17, 15) is 5.11 Å². The summed E-state index contributed by atoms with van der Waals surface area (Å²) in [7, 11) is 0. The van der Waals surface area contributed by atoms with Crippen LogP contribution in [0.4, 0.5) is 0 Å². The average Bonchev–Trinajstić information content (AvgIpc) is 3.03. The van der Waals surface area contributed by atoms with Crippen LogP contribution >= 0.6 is 0 Å². The zero-order valence-corrected chi connectivity index (χ0v) is 20.0. The summed E-state index contributed by atoms with van der Waals surface area (Å²) in [5.41, 5.74) is 2.51. The molecule has 4 rings (SSSR count). The molecule has 0 saturated heterocycles. The van der Waals surface area contributed by atoms with Gasteiger partial charge in [0.05, 0.1) is 6.10 Å². The molecule has 9 atom stereocenters. The second-order valence-electron chi connectivity index (χ2n) is 12.2. The highest BCUT2D eigenvalue weighted by Gasteiger charge is 2.58. The van der Waals surface area contributed by atoms with E-state index < -0.39 is 0 Å². The van der Waals surface area contributed by atoms with Gasteiger partial charge in [-0.3, -0.25) is 0 Å². The first-order valence-electron chi connectivity index (χ1n) is 12.7. The van der Waals surface area contributed by atoms with E-state index >= 15 is 0 Å². The summed E-state index contributed by atoms with van der Waals surface area (Å²) in [4.78, 5) is 0. The van der Waals surface area contributed by atoms with Gasteiger partial charge in [0.1, 0.15) is 0 Å². The number of rotatable bonds is 4. The summed E-state index contributed by atoms with van der Waals surface area (Å²) in [5, 5.41) is 10.2. The SMILES string of the molecule is CC(C)C(C)/C=C/[C@@H](C)[C@H]1CCC2C3CC=C4C[C@@H](O)CCC4(C)C3CCC21C. The first-order chi connectivity index (χ1) is 13.7. The molecule has 1 N–H and O–H groups in total. The van der Waals surface area contributed by atoms with Crippen LogP contribution in [0, 0.1) is 52.3 Å². The summed E-state index contributed by atoms with van der Waals surface area (Å²) >= 11 is 0. The van der Waals surface area contributed by atoms with E-state index in [0.717, 1.165) is 42.4 Å². The molecule has 0 aromatic heterocycles. The molecule has 0 aromatic carbocycles. The maximum atomic E-state index is 10.2. The van der Waals surface area contributed by atoms with E-state index in [2.05, 4.69) is 59.8 Å². The van der Waals surface area contributed by atoms with E-state index in [-0.39, 0.29) is 6.10 Å². The zero-order valence-electron chi connectivity index (χ0n) is 20.0. The third-order valence-corrected chi connectivity index (χ3v) is 10.6. The van der Waals surface area contributed by atoms with Gasteiger partial charge in [0.15, 0.2) is 0 Å². The highest BCUT2D eigenvalue weighted by molar-refractivity contribution is 5.25. The van der Waals surface area contributed by atoms with Crippen molar-refractivity contribution in [3.8, 4) is 0 Å². The van der Waals surface area contributed by atoms with Crippen molar-refractivity contribution in [2.45, 2.75) is 99.0 Å². The maximum Gasteiger partial charge on any atom is 0.0577 e. The van der Waals surface area contributed by atoms with Crippen LogP contribution in [0.3, 0.4) is 0 Å². The molecule has 0 bridgehead atoms. The Bertz CT molecular complexity index is 659. The normalized spacial score (nSPS) is 46.8. The summed E-state index contributed by atoms with van der Waals surface area (Å²) in [6.07, 6.45) is 17.7. The molecule has 0 spiro atoms. The molecule has 1 nitrogen and oxygen atoms in total. The van der Waals surface area contributed by atoms with Gasteiger partial charge in [-0.05, 0) is 104 Å². The Kier molecular flexibility index (Phi) is 5.86. The van der Waals surface area contributed by atoms with E-state index in [1.54, 1.807) is 5.57 Å². The highest BCUT2D eigenvalue weighted by Crippen LogP contribution is 2.67. The van der Waals surface area contributed by atoms with E-state index in [0.29, 0.717) is 22.7 Å². The van der Waals surface area contributed by atoms with Crippen molar-refractivity contribution >= 4 is 0 Å². The van der Waals surface area contributed by atoms with Gasteiger partial charge in [-0.15, -0.1) is 0 Å². The summed E-state index contributed by atoms with van der Waals surface area (Å²) in [6.45, 7) is 14.7. The lowest BCUT2D eigenvalue weighted by atomic mass is 9.47. The fraction of sp³-hybridized carbons (Fsp3) is 0.857. The Balaban J connectivity index is 1.53. The lowest BCUT2D eigenvalue weighted by Crippen LogP contribution is -2.50. The molecule has 3 saturated carbocycles. The molecule has 4 aliphatic rings. The number of aliphatic hydroxyl groups excluding tert-OH is 1. The van der Waals surface area contributed by atoms with Crippen LogP contribution in [0.5, 0.6) is 0 Å². The summed E-state index contributed by atoms with van der Waals surface area (Å²) in [5.74, 6) is 5.63. The molecule has 6 unspecified atom stereocenters. The number of hydrogen-bond acceptors (Lipinski definition) is 1. The van der Waals surface area contributed by atoms with Gasteiger partial charge in [-0.1, -0.05) is 65.3 Å². The van der Waals surface area contributed by atoms with Crippen LogP contribution in [0.2, 0.25) is 0 Å². The van der Waals surface area contributed by atoms with Crippen molar-refractivity contribution in [1.82, 2.24) is 0 Å². The molecule has 164 valence electrons. The minimum atomic E-state index is -0.0866. The van der Waals surface area contributed by atoms with Crippen molar-refractivity contribution < 1.29 is 5.11 Å². The monoisotopic (exact) mass is 398 g/mol. The Labute approximate surface area is 180 Å². The predicted molar refractivity (Wildman–Crippen MR) is 124 cm³/mol. The van der Waals surface area contributed by atoms with Crippen LogP contribution in [-0.4, -0.2) is 11.2 Å². The molecular weight excluding hydrogens is 352 g/mol. The molecule has 0 aromatic rings. The first-order valence-corrected chi connectivity index (χ1v) is 12.7. The van der Waals surface area contributed by atoms with Gasteiger partial charge in [0.2, 0.25) is 0 Å². The molecule has 0 aliphatic heterocycles. The highest BCUT2D eigenvalue weighted by atomic mass is 16.3. The maximum absolute atomic E-state index is 10.2. The number of aliphatic hydroxyl groups is 1. The van der Waals surface area contributed by atoms with Gasteiger partial charge < -0.3 is 5.11 Å². The molecule has 4 aliphatic carbocycles. The van der Waals surface area contributed by atoms with Crippen LogP contribution in [0.15, 0.2) is 23.8 Å². The Morgan fingerprint density at radius 3 is 2.45 bits per heavy atom. The Hall–Kier alpha value is -0.560. The van der Waals surface area contributed by atoms with Gasteiger partial charge in [0, 0.05) is 0 Å². The van der Waals surface area contributed by atoms with Gasteiger partial charge in [-0.2, -0.15) is 0 Å². The lowest BCUT2D eigenvalue weighted by molar-refractivity contribution is -0.0540. The molecule has 1 heteroatoms. The number of hydrogen-bond donors (Lipinski definition) is 1. The molecule has 29 heavy (non-hydrogen) atoms. The quantitative estimate of drug-likeness (QED) is 0.489. The number of fused-ring (bicyclic) bond motifs is 5. The molecule has 3 fully saturated rings. The van der Waals surface area contributed by atoms with Crippen molar-refractivity contribution in [3.05, 3.63) is 23.8 Å². The smallest absolute Gasteiger partial charge is 0.0577 e. The minimum Gasteiger partial charge on any atom is -0.393 e. The zero-order chi connectivity index (χ0) is 21.0. The van der Waals surface area contributed by atoms with E-state index in [1.807, 2.05) is 0 Å².